The summed E-state index contributed by atoms with van der Waals surface area (Å²) in [5, 5.41) is 2.10. The summed E-state index contributed by atoms with van der Waals surface area (Å²) >= 11 is 13.5. The monoisotopic (exact) mass is 440 g/mol. The second-order valence-electron chi connectivity index (χ2n) is 10.7. The molecule has 0 nitrogen and oxygen atoms in total. The number of fused-ring (bicyclic) bond motifs is 2. The van der Waals surface area contributed by atoms with E-state index in [1.165, 1.54) is 25.7 Å². The lowest BCUT2D eigenvalue weighted by atomic mass is 9.89. The van der Waals surface area contributed by atoms with Gasteiger partial charge in [-0.1, -0.05) is 83.9 Å². The summed E-state index contributed by atoms with van der Waals surface area (Å²) in [5.41, 5.74) is 4.97. The largest absolute Gasteiger partial charge is 0.0885 e. The molecule has 0 bridgehead atoms. The standard InChI is InChI=1S/C26H30Cl2Si/c1-29(2,25-17-5-3-7-23(27)21(17)13-19(25)15-9-10-15)26-18-6-4-8-24(28)22(18)14-20(26)16-11-12-16/h3-8,13-18,21-22,25-26H,9-12H2,1-2H3. The number of halogens is 2. The van der Waals surface area contributed by atoms with Gasteiger partial charge >= 0.3 is 0 Å². The summed E-state index contributed by atoms with van der Waals surface area (Å²) in [6, 6.07) is 0. The summed E-state index contributed by atoms with van der Waals surface area (Å²) < 4.78 is 0. The van der Waals surface area contributed by atoms with Crippen molar-refractivity contribution in [2.24, 2.45) is 35.5 Å². The lowest BCUT2D eigenvalue weighted by molar-refractivity contribution is 0.526. The van der Waals surface area contributed by atoms with Crippen LogP contribution in [-0.2, 0) is 0 Å². The highest BCUT2D eigenvalue weighted by Crippen LogP contribution is 2.66. The predicted molar refractivity (Wildman–Crippen MR) is 127 cm³/mol. The van der Waals surface area contributed by atoms with Crippen molar-refractivity contribution in [1.29, 1.82) is 0 Å². The van der Waals surface area contributed by atoms with Crippen molar-refractivity contribution in [3.63, 3.8) is 0 Å². The first-order valence-electron chi connectivity index (χ1n) is 11.5. The zero-order chi connectivity index (χ0) is 19.9. The van der Waals surface area contributed by atoms with Gasteiger partial charge in [0.1, 0.15) is 0 Å². The minimum absolute atomic E-state index is 0.421. The normalized spacial score (nSPS) is 40.8. The van der Waals surface area contributed by atoms with Gasteiger partial charge in [0, 0.05) is 21.9 Å². The van der Waals surface area contributed by atoms with Gasteiger partial charge in [0.15, 0.2) is 0 Å². The van der Waals surface area contributed by atoms with E-state index in [-0.39, 0.29) is 0 Å². The van der Waals surface area contributed by atoms with Crippen LogP contribution in [0.25, 0.3) is 0 Å². The highest BCUT2D eigenvalue weighted by molar-refractivity contribution is 6.81. The third-order valence-electron chi connectivity index (χ3n) is 8.58. The molecule has 6 unspecified atom stereocenters. The van der Waals surface area contributed by atoms with Gasteiger partial charge in [-0.3, -0.25) is 0 Å². The molecular weight excluding hydrogens is 411 g/mol. The van der Waals surface area contributed by atoms with Crippen molar-refractivity contribution in [2.75, 3.05) is 0 Å². The van der Waals surface area contributed by atoms with Crippen LogP contribution in [0, 0.1) is 35.5 Å². The summed E-state index contributed by atoms with van der Waals surface area (Å²) in [5.74, 6) is 3.64. The van der Waals surface area contributed by atoms with Gasteiger partial charge < -0.3 is 0 Å². The SMILES string of the molecule is C[Si](C)(C1C(C2CC2)=CC2C(Cl)=CC=CC21)C1C(C2CC2)=CC2C(Cl)=CC=CC21. The van der Waals surface area contributed by atoms with Crippen molar-refractivity contribution in [1.82, 2.24) is 0 Å². The van der Waals surface area contributed by atoms with Crippen molar-refractivity contribution >= 4 is 31.3 Å². The van der Waals surface area contributed by atoms with E-state index in [1.807, 2.05) is 0 Å². The fourth-order valence-corrected chi connectivity index (χ4v) is 13.1. The van der Waals surface area contributed by atoms with E-state index in [0.29, 0.717) is 34.8 Å². The molecule has 29 heavy (non-hydrogen) atoms. The molecule has 0 N–H and O–H groups in total. The third kappa shape index (κ3) is 2.91. The minimum atomic E-state index is -1.70. The molecule has 2 fully saturated rings. The van der Waals surface area contributed by atoms with Gasteiger partial charge in [-0.15, -0.1) is 0 Å². The average molecular weight is 442 g/mol. The van der Waals surface area contributed by atoms with Gasteiger partial charge in [0.25, 0.3) is 0 Å². The third-order valence-corrected chi connectivity index (χ3v) is 14.0. The van der Waals surface area contributed by atoms with Crippen molar-refractivity contribution in [2.45, 2.75) is 49.9 Å². The molecule has 6 atom stereocenters. The van der Waals surface area contributed by atoms with Gasteiger partial charge in [0.05, 0.1) is 8.07 Å². The fraction of sp³-hybridized carbons (Fsp3) is 0.538. The molecule has 0 aliphatic heterocycles. The molecule has 0 aromatic rings. The van der Waals surface area contributed by atoms with Crippen LogP contribution < -0.4 is 0 Å². The van der Waals surface area contributed by atoms with E-state index in [1.54, 1.807) is 11.1 Å². The summed E-state index contributed by atoms with van der Waals surface area (Å²) in [6.45, 7) is 5.39. The zero-order valence-electron chi connectivity index (χ0n) is 17.3. The molecule has 0 radical (unpaired) electrons. The molecular formula is C26H30Cl2Si. The van der Waals surface area contributed by atoms with Crippen LogP contribution in [0.2, 0.25) is 24.2 Å². The molecule has 0 amide bonds. The van der Waals surface area contributed by atoms with Crippen LogP contribution in [0.5, 0.6) is 0 Å². The Bertz CT molecular complexity index is 848. The number of hydrogen-bond donors (Lipinski definition) is 0. The van der Waals surface area contributed by atoms with Gasteiger partial charge in [-0.05, 0) is 72.6 Å². The Hall–Kier alpha value is -0.763. The molecule has 2 saturated carbocycles. The molecule has 6 aliphatic rings. The van der Waals surface area contributed by atoms with E-state index in [4.69, 9.17) is 23.2 Å². The van der Waals surface area contributed by atoms with E-state index in [0.717, 1.165) is 21.9 Å². The van der Waals surface area contributed by atoms with Crippen LogP contribution in [-0.4, -0.2) is 8.07 Å². The van der Waals surface area contributed by atoms with Gasteiger partial charge in [-0.2, -0.15) is 0 Å². The average Bonchev–Trinajstić information content (AvgIpc) is 3.62. The summed E-state index contributed by atoms with van der Waals surface area (Å²) in [4.78, 5) is 0. The topological polar surface area (TPSA) is 0 Å². The van der Waals surface area contributed by atoms with Crippen molar-refractivity contribution < 1.29 is 0 Å². The van der Waals surface area contributed by atoms with Gasteiger partial charge in [0.2, 0.25) is 0 Å². The first-order chi connectivity index (χ1) is 14.0. The Morgan fingerprint density at radius 2 is 1.14 bits per heavy atom. The smallest absolute Gasteiger partial charge is 0.0635 e. The first kappa shape index (κ1) is 19.0. The highest BCUT2D eigenvalue weighted by Gasteiger charge is 2.57. The maximum absolute atomic E-state index is 6.74. The molecule has 3 heteroatoms. The molecule has 6 rings (SSSR count). The molecule has 6 aliphatic carbocycles. The fourth-order valence-electron chi connectivity index (χ4n) is 7.12. The Kier molecular flexibility index (Phi) is 4.33. The highest BCUT2D eigenvalue weighted by atomic mass is 35.5. The summed E-state index contributed by atoms with van der Waals surface area (Å²) in [7, 11) is -1.70. The van der Waals surface area contributed by atoms with E-state index in [9.17, 15) is 0 Å². The molecule has 0 aromatic heterocycles. The Morgan fingerprint density at radius 3 is 1.52 bits per heavy atom. The van der Waals surface area contributed by atoms with Crippen LogP contribution in [0.4, 0.5) is 0 Å². The quantitative estimate of drug-likeness (QED) is 0.306. The zero-order valence-corrected chi connectivity index (χ0v) is 19.8. The Balaban J connectivity index is 1.42. The lowest BCUT2D eigenvalue weighted by Crippen LogP contribution is -2.45. The van der Waals surface area contributed by atoms with Crippen LogP contribution in [0.1, 0.15) is 25.7 Å². The van der Waals surface area contributed by atoms with E-state index >= 15 is 0 Å². The van der Waals surface area contributed by atoms with Crippen molar-refractivity contribution in [3.05, 3.63) is 69.8 Å². The maximum atomic E-state index is 6.74. The number of allylic oxidation sites excluding steroid dienone is 12. The van der Waals surface area contributed by atoms with Crippen LogP contribution >= 0.6 is 23.2 Å². The van der Waals surface area contributed by atoms with Crippen molar-refractivity contribution in [3.8, 4) is 0 Å². The molecule has 0 spiro atoms. The second kappa shape index (κ2) is 6.62. The van der Waals surface area contributed by atoms with E-state index in [2.05, 4.69) is 61.7 Å². The first-order valence-corrected chi connectivity index (χ1v) is 15.4. The number of hydrogen-bond acceptors (Lipinski definition) is 0. The lowest BCUT2D eigenvalue weighted by Gasteiger charge is -2.45. The minimum Gasteiger partial charge on any atom is -0.0885 e. The Morgan fingerprint density at radius 1 is 0.724 bits per heavy atom. The van der Waals surface area contributed by atoms with Crippen LogP contribution in [0.3, 0.4) is 0 Å². The maximum Gasteiger partial charge on any atom is 0.0635 e. The van der Waals surface area contributed by atoms with Gasteiger partial charge in [-0.25, -0.2) is 0 Å². The molecule has 0 heterocycles. The molecule has 0 saturated heterocycles. The number of rotatable bonds is 4. The predicted octanol–water partition coefficient (Wildman–Crippen LogP) is 7.99. The van der Waals surface area contributed by atoms with Crippen LogP contribution in [0.15, 0.2) is 69.8 Å². The van der Waals surface area contributed by atoms with E-state index < -0.39 is 8.07 Å². The molecule has 0 aromatic carbocycles. The molecule has 152 valence electrons. The second-order valence-corrected chi connectivity index (χ2v) is 16.5. The summed E-state index contributed by atoms with van der Waals surface area (Å²) in [6.07, 6.45) is 24.4. The Labute approximate surface area is 186 Å².